The van der Waals surface area contributed by atoms with E-state index >= 15 is 0 Å². The molecule has 0 bridgehead atoms. The minimum Gasteiger partial charge on any atom is -0.346 e. The van der Waals surface area contributed by atoms with Crippen molar-refractivity contribution in [3.63, 3.8) is 0 Å². The van der Waals surface area contributed by atoms with Crippen LogP contribution < -0.4 is 15.5 Å². The zero-order valence-electron chi connectivity index (χ0n) is 16.3. The fourth-order valence-electron chi connectivity index (χ4n) is 3.18. The van der Waals surface area contributed by atoms with Gasteiger partial charge in [-0.3, -0.25) is 9.59 Å². The molecule has 2 rings (SSSR count). The number of amides is 2. The highest BCUT2D eigenvalue weighted by Gasteiger charge is 2.30. The molecule has 1 fully saturated rings. The van der Waals surface area contributed by atoms with E-state index in [4.69, 9.17) is 0 Å². The first-order valence-corrected chi connectivity index (χ1v) is 10.7. The molecule has 0 spiro atoms. The number of aryl methyl sites for hydroxylation is 1. The summed E-state index contributed by atoms with van der Waals surface area (Å²) in [4.78, 5) is 25.2. The van der Waals surface area contributed by atoms with Crippen molar-refractivity contribution in [2.24, 2.45) is 0 Å². The van der Waals surface area contributed by atoms with Gasteiger partial charge in [-0.15, -0.1) is 0 Å². The number of nitrogens with one attached hydrogen (secondary N) is 3. The molecule has 3 N–H and O–H groups in total. The molecule has 0 saturated carbocycles. The molecule has 27 heavy (non-hydrogen) atoms. The number of hydrogen-bond donors (Lipinski definition) is 3. The van der Waals surface area contributed by atoms with E-state index in [0.29, 0.717) is 37.4 Å². The second kappa shape index (κ2) is 8.81. The number of hydrogen-bond acceptors (Lipinski definition) is 4. The van der Waals surface area contributed by atoms with E-state index in [-0.39, 0.29) is 23.3 Å². The number of sulfonamides is 1. The van der Waals surface area contributed by atoms with Gasteiger partial charge in [0.2, 0.25) is 10.0 Å². The van der Waals surface area contributed by atoms with Crippen molar-refractivity contribution in [2.75, 3.05) is 38.0 Å². The molecule has 0 aliphatic carbocycles. The Balaban J connectivity index is 2.20. The van der Waals surface area contributed by atoms with Crippen LogP contribution in [0, 0.1) is 6.92 Å². The molecule has 1 aliphatic heterocycles. The Labute approximate surface area is 161 Å². The van der Waals surface area contributed by atoms with Crippen LogP contribution in [0.2, 0.25) is 0 Å². The summed E-state index contributed by atoms with van der Waals surface area (Å²) in [5.74, 6) is -0.312. The van der Waals surface area contributed by atoms with E-state index in [0.717, 1.165) is 4.90 Å². The maximum Gasteiger partial charge on any atom is 0.282 e. The molecule has 2 amide bonds. The van der Waals surface area contributed by atoms with E-state index in [1.807, 2.05) is 0 Å². The maximum atomic E-state index is 12.8. The van der Waals surface area contributed by atoms with Crippen molar-refractivity contribution in [1.29, 1.82) is 0 Å². The lowest BCUT2D eigenvalue weighted by atomic mass is 10.2. The fourth-order valence-corrected chi connectivity index (χ4v) is 4.89. The lowest BCUT2D eigenvalue weighted by Gasteiger charge is -2.28. The van der Waals surface area contributed by atoms with E-state index in [9.17, 15) is 18.0 Å². The monoisotopic (exact) mass is 397 g/mol. The third-order valence-electron chi connectivity index (χ3n) is 4.94. The Kier molecular flexibility index (Phi) is 6.96. The van der Waals surface area contributed by atoms with Gasteiger partial charge in [-0.05, 0) is 31.5 Å². The number of carbonyl (C=O) groups is 2. The summed E-state index contributed by atoms with van der Waals surface area (Å²) in [5.41, 5.74) is 1.07. The zero-order valence-corrected chi connectivity index (χ0v) is 17.1. The molecule has 150 valence electrons. The normalized spacial score (nSPS) is 18.9. The standard InChI is InChI=1S/C18H28N4O4S/c1-5-22(6-2)27(25,26)16-11-15(8-7-13(16)3)20-18(24)14(4)21-10-9-19-17(23)12-21/h7-8,11,14H,5-6,9-10,12H2,1-4H3,(H,19,23)(H,20,24)/p+1/t14-/m1/s1. The second-order valence-corrected chi connectivity index (χ2v) is 8.62. The zero-order chi connectivity index (χ0) is 20.2. The largest absolute Gasteiger partial charge is 0.346 e. The first-order chi connectivity index (χ1) is 12.7. The number of piperazine rings is 1. The SMILES string of the molecule is CCN(CC)S(=O)(=O)c1cc(NC(=O)[C@@H](C)[NH+]2CCNC(=O)C2)ccc1C. The second-order valence-electron chi connectivity index (χ2n) is 6.72. The average molecular weight is 398 g/mol. The molecule has 1 heterocycles. The summed E-state index contributed by atoms with van der Waals surface area (Å²) in [7, 11) is -3.61. The molecule has 1 unspecified atom stereocenters. The molecular formula is C18H29N4O4S+. The first-order valence-electron chi connectivity index (χ1n) is 9.23. The number of quaternary nitrogens is 1. The summed E-state index contributed by atoms with van der Waals surface area (Å²) in [6.07, 6.45) is 0. The Hall–Kier alpha value is -1.97. The molecule has 2 atom stereocenters. The highest BCUT2D eigenvalue weighted by Crippen LogP contribution is 2.23. The molecule has 0 aromatic heterocycles. The van der Waals surface area contributed by atoms with Crippen LogP contribution in [-0.2, 0) is 19.6 Å². The fraction of sp³-hybridized carbons (Fsp3) is 0.556. The molecule has 1 saturated heterocycles. The van der Waals surface area contributed by atoms with Crippen LogP contribution in [-0.4, -0.2) is 63.3 Å². The van der Waals surface area contributed by atoms with Gasteiger partial charge in [0.05, 0.1) is 18.0 Å². The third-order valence-corrected chi connectivity index (χ3v) is 7.13. The maximum absolute atomic E-state index is 12.8. The van der Waals surface area contributed by atoms with Crippen LogP contribution >= 0.6 is 0 Å². The number of rotatable bonds is 7. The van der Waals surface area contributed by atoms with Gasteiger partial charge in [0.25, 0.3) is 11.8 Å². The summed E-state index contributed by atoms with van der Waals surface area (Å²) in [6.45, 7) is 9.33. The predicted octanol–water partition coefficient (Wildman–Crippen LogP) is -0.633. The van der Waals surface area contributed by atoms with Crippen molar-refractivity contribution in [2.45, 2.75) is 38.6 Å². The highest BCUT2D eigenvalue weighted by atomic mass is 32.2. The number of anilines is 1. The van der Waals surface area contributed by atoms with Gasteiger partial charge in [-0.2, -0.15) is 4.31 Å². The van der Waals surface area contributed by atoms with E-state index in [1.54, 1.807) is 39.8 Å². The van der Waals surface area contributed by atoms with Crippen molar-refractivity contribution in [1.82, 2.24) is 9.62 Å². The van der Waals surface area contributed by atoms with Crippen LogP contribution in [0.5, 0.6) is 0 Å². The lowest BCUT2D eigenvalue weighted by Crippen LogP contribution is -3.19. The smallest absolute Gasteiger partial charge is 0.282 e. The van der Waals surface area contributed by atoms with Gasteiger partial charge in [-0.25, -0.2) is 8.42 Å². The third kappa shape index (κ3) is 4.85. The van der Waals surface area contributed by atoms with Gasteiger partial charge in [0.1, 0.15) is 0 Å². The average Bonchev–Trinajstić information content (AvgIpc) is 2.63. The summed E-state index contributed by atoms with van der Waals surface area (Å²) >= 11 is 0. The van der Waals surface area contributed by atoms with Crippen molar-refractivity contribution >= 4 is 27.5 Å². The van der Waals surface area contributed by atoms with E-state index in [2.05, 4.69) is 10.6 Å². The van der Waals surface area contributed by atoms with Crippen LogP contribution in [0.25, 0.3) is 0 Å². The van der Waals surface area contributed by atoms with Crippen LogP contribution in [0.3, 0.4) is 0 Å². The molecule has 8 nitrogen and oxygen atoms in total. The molecular weight excluding hydrogens is 368 g/mol. The van der Waals surface area contributed by atoms with Gasteiger partial charge in [-0.1, -0.05) is 19.9 Å². The van der Waals surface area contributed by atoms with Crippen molar-refractivity contribution < 1.29 is 22.9 Å². The van der Waals surface area contributed by atoms with Gasteiger partial charge < -0.3 is 15.5 Å². The summed E-state index contributed by atoms with van der Waals surface area (Å²) in [5, 5.41) is 5.54. The molecule has 0 radical (unpaired) electrons. The number of nitrogens with zero attached hydrogens (tertiary/aromatic N) is 1. The van der Waals surface area contributed by atoms with Gasteiger partial charge in [0.15, 0.2) is 12.6 Å². The van der Waals surface area contributed by atoms with Crippen LogP contribution in [0.4, 0.5) is 5.69 Å². The Bertz CT molecular complexity index is 806. The lowest BCUT2D eigenvalue weighted by molar-refractivity contribution is -0.907. The predicted molar refractivity (Wildman–Crippen MR) is 103 cm³/mol. The molecule has 1 aromatic rings. The van der Waals surface area contributed by atoms with E-state index in [1.165, 1.54) is 10.4 Å². The quantitative estimate of drug-likeness (QED) is 0.570. The minimum absolute atomic E-state index is 0.0705. The highest BCUT2D eigenvalue weighted by molar-refractivity contribution is 7.89. The molecule has 1 aromatic carbocycles. The summed E-state index contributed by atoms with van der Waals surface area (Å²) < 4.78 is 27.1. The number of benzene rings is 1. The van der Waals surface area contributed by atoms with Crippen LogP contribution in [0.15, 0.2) is 23.1 Å². The Morgan fingerprint density at radius 2 is 2.00 bits per heavy atom. The topological polar surface area (TPSA) is 100 Å². The van der Waals surface area contributed by atoms with Crippen molar-refractivity contribution in [3.05, 3.63) is 23.8 Å². The number of carbonyl (C=O) groups excluding carboxylic acids is 2. The van der Waals surface area contributed by atoms with E-state index < -0.39 is 16.1 Å². The van der Waals surface area contributed by atoms with Gasteiger partial charge >= 0.3 is 0 Å². The summed E-state index contributed by atoms with van der Waals surface area (Å²) in [6, 6.07) is 4.48. The van der Waals surface area contributed by atoms with Gasteiger partial charge in [0, 0.05) is 18.8 Å². The first kappa shape index (κ1) is 21.3. The van der Waals surface area contributed by atoms with Crippen molar-refractivity contribution in [3.8, 4) is 0 Å². The molecule has 9 heteroatoms. The Morgan fingerprint density at radius 3 is 2.59 bits per heavy atom. The minimum atomic E-state index is -3.61. The Morgan fingerprint density at radius 1 is 1.33 bits per heavy atom. The van der Waals surface area contributed by atoms with Crippen LogP contribution in [0.1, 0.15) is 26.3 Å². The molecule has 1 aliphatic rings.